The molecule has 1 aromatic heterocycles. The quantitative estimate of drug-likeness (QED) is 0.938. The van der Waals surface area contributed by atoms with Crippen molar-refractivity contribution in [2.45, 2.75) is 25.8 Å². The highest BCUT2D eigenvalue weighted by Crippen LogP contribution is 2.31. The van der Waals surface area contributed by atoms with E-state index in [2.05, 4.69) is 15.5 Å². The van der Waals surface area contributed by atoms with Crippen LogP contribution in [0.2, 0.25) is 0 Å². The van der Waals surface area contributed by atoms with E-state index in [4.69, 9.17) is 4.74 Å². The number of nitrogens with zero attached hydrogens (tertiary/aromatic N) is 3. The maximum atomic E-state index is 12.8. The van der Waals surface area contributed by atoms with Gasteiger partial charge in [0.05, 0.1) is 12.8 Å². The minimum Gasteiger partial charge on any atom is -0.495 e. The minimum absolute atomic E-state index is 0.0450. The number of aromatic nitrogens is 2. The summed E-state index contributed by atoms with van der Waals surface area (Å²) in [6, 6.07) is 7.32. The van der Waals surface area contributed by atoms with Crippen LogP contribution in [-0.2, 0) is 4.79 Å². The number of carbonyl (C=O) groups excluding carboxylic acids is 1. The smallest absolute Gasteiger partial charge is 0.249 e. The zero-order valence-electron chi connectivity index (χ0n) is 12.6. The van der Waals surface area contributed by atoms with Crippen molar-refractivity contribution in [3.63, 3.8) is 0 Å². The average Bonchev–Trinajstić information content (AvgIpc) is 2.94. The Kier molecular flexibility index (Phi) is 4.24. The highest BCUT2D eigenvalue weighted by atomic mass is 32.1. The first kappa shape index (κ1) is 14.8. The van der Waals surface area contributed by atoms with Crippen LogP contribution in [0, 0.1) is 6.92 Å². The molecule has 1 fully saturated rings. The molecule has 6 nitrogen and oxygen atoms in total. The Labute approximate surface area is 133 Å². The van der Waals surface area contributed by atoms with Crippen LogP contribution in [0.4, 0.5) is 10.8 Å². The second-order valence-corrected chi connectivity index (χ2v) is 6.31. The predicted octanol–water partition coefficient (Wildman–Crippen LogP) is 2.46. The molecular formula is C15H18N4O2S. The summed E-state index contributed by atoms with van der Waals surface area (Å²) >= 11 is 1.46. The van der Waals surface area contributed by atoms with Crippen molar-refractivity contribution < 1.29 is 9.53 Å². The van der Waals surface area contributed by atoms with Gasteiger partial charge in [-0.15, -0.1) is 10.2 Å². The van der Waals surface area contributed by atoms with E-state index >= 15 is 0 Å². The summed E-state index contributed by atoms with van der Waals surface area (Å²) in [4.78, 5) is 14.6. The summed E-state index contributed by atoms with van der Waals surface area (Å²) < 4.78 is 5.37. The van der Waals surface area contributed by atoms with Gasteiger partial charge in [0.2, 0.25) is 11.0 Å². The molecule has 0 aliphatic carbocycles. The third kappa shape index (κ3) is 2.89. The Morgan fingerprint density at radius 2 is 2.18 bits per heavy atom. The van der Waals surface area contributed by atoms with Gasteiger partial charge in [-0.25, -0.2) is 0 Å². The Hall–Kier alpha value is -2.15. The van der Waals surface area contributed by atoms with E-state index in [1.807, 2.05) is 31.2 Å². The lowest BCUT2D eigenvalue weighted by molar-refractivity contribution is -0.120. The van der Waals surface area contributed by atoms with Crippen LogP contribution in [0.15, 0.2) is 24.3 Å². The molecule has 1 unspecified atom stereocenters. The summed E-state index contributed by atoms with van der Waals surface area (Å²) in [6.07, 6.45) is 1.72. The molecule has 1 aliphatic rings. The van der Waals surface area contributed by atoms with Crippen molar-refractivity contribution in [3.05, 3.63) is 29.3 Å². The van der Waals surface area contributed by atoms with Gasteiger partial charge >= 0.3 is 0 Å². The van der Waals surface area contributed by atoms with Crippen molar-refractivity contribution in [1.82, 2.24) is 10.2 Å². The number of piperidine rings is 1. The molecule has 0 spiro atoms. The second kappa shape index (κ2) is 6.31. The standard InChI is InChI=1S/C15H18N4O2S/c1-10-17-18-15(22-10)16-11-6-5-9-19(14(11)20)12-7-3-4-8-13(12)21-2/h3-4,7-8,11H,5-6,9H2,1-2H3,(H,16,18). The van der Waals surface area contributed by atoms with Gasteiger partial charge in [-0.05, 0) is 31.9 Å². The number of carbonyl (C=O) groups is 1. The normalized spacial score (nSPS) is 18.4. The van der Waals surface area contributed by atoms with Crippen LogP contribution in [-0.4, -0.2) is 35.8 Å². The first-order chi connectivity index (χ1) is 10.7. The number of hydrogen-bond donors (Lipinski definition) is 1. The average molecular weight is 318 g/mol. The van der Waals surface area contributed by atoms with Gasteiger partial charge in [-0.3, -0.25) is 4.79 Å². The number of amides is 1. The summed E-state index contributed by atoms with van der Waals surface area (Å²) in [5, 5.41) is 12.8. The van der Waals surface area contributed by atoms with Crippen molar-refractivity contribution in [2.24, 2.45) is 0 Å². The predicted molar refractivity (Wildman–Crippen MR) is 86.6 cm³/mol. The maximum absolute atomic E-state index is 12.8. The number of aryl methyl sites for hydroxylation is 1. The number of nitrogens with one attached hydrogen (secondary N) is 1. The summed E-state index contributed by atoms with van der Waals surface area (Å²) in [6.45, 7) is 2.60. The Morgan fingerprint density at radius 1 is 1.36 bits per heavy atom. The molecule has 2 aromatic rings. The number of methoxy groups -OCH3 is 1. The number of para-hydroxylation sites is 2. The molecular weight excluding hydrogens is 300 g/mol. The van der Waals surface area contributed by atoms with Crippen LogP contribution in [0.5, 0.6) is 5.75 Å². The molecule has 0 radical (unpaired) electrons. The maximum Gasteiger partial charge on any atom is 0.249 e. The van der Waals surface area contributed by atoms with E-state index < -0.39 is 0 Å². The van der Waals surface area contributed by atoms with Gasteiger partial charge in [-0.1, -0.05) is 23.5 Å². The van der Waals surface area contributed by atoms with Crippen LogP contribution in [0.3, 0.4) is 0 Å². The van der Waals surface area contributed by atoms with Crippen molar-refractivity contribution in [2.75, 3.05) is 23.9 Å². The molecule has 1 aliphatic heterocycles. The second-order valence-electron chi connectivity index (χ2n) is 5.13. The lowest BCUT2D eigenvalue weighted by Crippen LogP contribution is -2.47. The van der Waals surface area contributed by atoms with E-state index in [0.717, 1.165) is 23.5 Å². The monoisotopic (exact) mass is 318 g/mol. The Bertz CT molecular complexity index is 673. The van der Waals surface area contributed by atoms with E-state index in [1.54, 1.807) is 12.0 Å². The number of rotatable bonds is 4. The zero-order valence-corrected chi connectivity index (χ0v) is 13.4. The zero-order chi connectivity index (χ0) is 15.5. The van der Waals surface area contributed by atoms with Gasteiger partial charge < -0.3 is 15.0 Å². The van der Waals surface area contributed by atoms with Crippen LogP contribution in [0.25, 0.3) is 0 Å². The van der Waals surface area contributed by atoms with E-state index in [0.29, 0.717) is 17.4 Å². The van der Waals surface area contributed by atoms with Crippen molar-refractivity contribution >= 4 is 28.1 Å². The largest absolute Gasteiger partial charge is 0.495 e. The first-order valence-corrected chi connectivity index (χ1v) is 8.01. The molecule has 1 aromatic carbocycles. The van der Waals surface area contributed by atoms with E-state index in [1.165, 1.54) is 11.3 Å². The molecule has 3 rings (SSSR count). The fourth-order valence-electron chi connectivity index (χ4n) is 2.61. The van der Waals surface area contributed by atoms with Crippen LogP contribution in [0.1, 0.15) is 17.8 Å². The Morgan fingerprint density at radius 3 is 2.91 bits per heavy atom. The lowest BCUT2D eigenvalue weighted by atomic mass is 10.0. The number of hydrogen-bond acceptors (Lipinski definition) is 6. The SMILES string of the molecule is COc1ccccc1N1CCCC(Nc2nnc(C)s2)C1=O. The van der Waals surface area contributed by atoms with Crippen molar-refractivity contribution in [1.29, 1.82) is 0 Å². The molecule has 1 atom stereocenters. The number of ether oxygens (including phenoxy) is 1. The minimum atomic E-state index is -0.272. The van der Waals surface area contributed by atoms with E-state index in [9.17, 15) is 4.79 Å². The molecule has 1 saturated heterocycles. The highest BCUT2D eigenvalue weighted by molar-refractivity contribution is 7.15. The van der Waals surface area contributed by atoms with Gasteiger partial charge in [0, 0.05) is 6.54 Å². The fraction of sp³-hybridized carbons (Fsp3) is 0.400. The summed E-state index contributed by atoms with van der Waals surface area (Å²) in [7, 11) is 1.62. The molecule has 22 heavy (non-hydrogen) atoms. The molecule has 2 heterocycles. The fourth-order valence-corrected chi connectivity index (χ4v) is 3.25. The summed E-state index contributed by atoms with van der Waals surface area (Å²) in [5.41, 5.74) is 0.815. The molecule has 7 heteroatoms. The Balaban J connectivity index is 1.80. The number of anilines is 2. The van der Waals surface area contributed by atoms with Gasteiger partial charge in [0.15, 0.2) is 0 Å². The highest BCUT2D eigenvalue weighted by Gasteiger charge is 2.31. The van der Waals surface area contributed by atoms with Gasteiger partial charge in [0.1, 0.15) is 16.8 Å². The lowest BCUT2D eigenvalue weighted by Gasteiger charge is -2.33. The summed E-state index contributed by atoms with van der Waals surface area (Å²) in [5.74, 6) is 0.756. The third-order valence-electron chi connectivity index (χ3n) is 3.64. The van der Waals surface area contributed by atoms with E-state index in [-0.39, 0.29) is 11.9 Å². The van der Waals surface area contributed by atoms with Gasteiger partial charge in [0.25, 0.3) is 0 Å². The first-order valence-electron chi connectivity index (χ1n) is 7.20. The molecule has 0 saturated carbocycles. The molecule has 116 valence electrons. The van der Waals surface area contributed by atoms with Crippen LogP contribution >= 0.6 is 11.3 Å². The molecule has 0 bridgehead atoms. The molecule has 1 N–H and O–H groups in total. The molecule has 1 amide bonds. The van der Waals surface area contributed by atoms with Crippen molar-refractivity contribution in [3.8, 4) is 5.75 Å². The number of benzene rings is 1. The van der Waals surface area contributed by atoms with Gasteiger partial charge in [-0.2, -0.15) is 0 Å². The topological polar surface area (TPSA) is 67.3 Å². The van der Waals surface area contributed by atoms with Crippen LogP contribution < -0.4 is 15.0 Å². The third-order valence-corrected chi connectivity index (χ3v) is 4.41.